The van der Waals surface area contributed by atoms with Crippen molar-refractivity contribution < 1.29 is 42.5 Å². The molecule has 0 aromatic heterocycles. The van der Waals surface area contributed by atoms with Crippen molar-refractivity contribution in [1.82, 2.24) is 0 Å². The fourth-order valence-electron chi connectivity index (χ4n) is 5.01. The number of methoxy groups -OCH3 is 3. The molecule has 1 aliphatic rings. The molecule has 1 aliphatic carbocycles. The van der Waals surface area contributed by atoms with Crippen LogP contribution in [0.2, 0.25) is 18.1 Å². The zero-order chi connectivity index (χ0) is 32.5. The highest BCUT2D eigenvalue weighted by molar-refractivity contribution is 6.74. The molecule has 0 aliphatic heterocycles. The summed E-state index contributed by atoms with van der Waals surface area (Å²) in [5.41, 5.74) is 1.71. The van der Waals surface area contributed by atoms with Gasteiger partial charge < -0.3 is 28.1 Å². The number of rotatable bonds is 11. The molecular formula is C33H50O9Si. The molecular weight excluding hydrogens is 568 g/mol. The minimum atomic E-state index is -2.37. The summed E-state index contributed by atoms with van der Waals surface area (Å²) in [6.45, 7) is 18.5. The van der Waals surface area contributed by atoms with Crippen molar-refractivity contribution >= 4 is 26.2 Å². The number of esters is 3. The summed E-state index contributed by atoms with van der Waals surface area (Å²) >= 11 is 0. The first-order valence-corrected chi connectivity index (χ1v) is 17.7. The van der Waals surface area contributed by atoms with E-state index in [1.54, 1.807) is 7.11 Å². The van der Waals surface area contributed by atoms with Gasteiger partial charge >= 0.3 is 17.9 Å². The maximum Gasteiger partial charge on any atom is 0.334 e. The highest BCUT2D eigenvalue weighted by Crippen LogP contribution is 2.42. The fourth-order valence-corrected chi connectivity index (χ4v) is 6.33. The third-order valence-electron chi connectivity index (χ3n) is 8.37. The average Bonchev–Trinajstić information content (AvgIpc) is 2.98. The molecule has 1 aromatic carbocycles. The van der Waals surface area contributed by atoms with Crippen LogP contribution in [0, 0.1) is 5.92 Å². The van der Waals surface area contributed by atoms with E-state index in [4.69, 9.17) is 28.1 Å². The quantitative estimate of drug-likeness (QED) is 0.122. The molecule has 0 spiro atoms. The Morgan fingerprint density at radius 3 is 2.09 bits per heavy atom. The van der Waals surface area contributed by atoms with Gasteiger partial charge in [-0.15, -0.1) is 0 Å². The Labute approximate surface area is 258 Å². The molecule has 0 radical (unpaired) electrons. The van der Waals surface area contributed by atoms with Gasteiger partial charge in [-0.05, 0) is 47.8 Å². The van der Waals surface area contributed by atoms with Gasteiger partial charge in [0.2, 0.25) is 0 Å². The molecule has 0 fully saturated rings. The summed E-state index contributed by atoms with van der Waals surface area (Å²) in [4.78, 5) is 39.3. The van der Waals surface area contributed by atoms with Crippen LogP contribution in [-0.4, -0.2) is 65.9 Å². The molecule has 0 amide bonds. The molecule has 0 bridgehead atoms. The van der Waals surface area contributed by atoms with E-state index >= 15 is 0 Å². The van der Waals surface area contributed by atoms with E-state index in [0.717, 1.165) is 5.56 Å². The number of hydrogen-bond acceptors (Lipinski definition) is 9. The van der Waals surface area contributed by atoms with Crippen LogP contribution in [0.25, 0.3) is 0 Å². The first-order chi connectivity index (χ1) is 20.1. The highest BCUT2D eigenvalue weighted by atomic mass is 28.4. The smallest absolute Gasteiger partial charge is 0.334 e. The van der Waals surface area contributed by atoms with Crippen LogP contribution in [0.15, 0.2) is 47.6 Å². The van der Waals surface area contributed by atoms with Crippen LogP contribution in [-0.2, 0) is 44.4 Å². The monoisotopic (exact) mass is 618 g/mol. The topological polar surface area (TPSA) is 107 Å². The summed E-state index contributed by atoms with van der Waals surface area (Å²) in [6, 6.07) is 7.49. The van der Waals surface area contributed by atoms with Crippen molar-refractivity contribution in [3.05, 3.63) is 53.1 Å². The number of carbonyl (C=O) groups excluding carboxylic acids is 3. The van der Waals surface area contributed by atoms with Gasteiger partial charge in [-0.3, -0.25) is 4.79 Å². The van der Waals surface area contributed by atoms with Gasteiger partial charge in [0.1, 0.15) is 11.9 Å². The lowest BCUT2D eigenvalue weighted by Crippen LogP contribution is -2.47. The Kier molecular flexibility index (Phi) is 13.2. The molecule has 1 aromatic rings. The molecule has 2 rings (SSSR count). The summed E-state index contributed by atoms with van der Waals surface area (Å²) in [5.74, 6) is -1.90. The number of ether oxygens (including phenoxy) is 5. The van der Waals surface area contributed by atoms with Gasteiger partial charge in [-0.2, -0.15) is 0 Å². The molecule has 4 atom stereocenters. The Hall–Kier alpha value is -2.95. The zero-order valence-electron chi connectivity index (χ0n) is 27.5. The second-order valence-electron chi connectivity index (χ2n) is 12.5. The van der Waals surface area contributed by atoms with Gasteiger partial charge in [0, 0.05) is 25.7 Å². The molecule has 9 nitrogen and oxygen atoms in total. The lowest BCUT2D eigenvalue weighted by molar-refractivity contribution is -0.163. The van der Waals surface area contributed by atoms with Crippen molar-refractivity contribution in [3.8, 4) is 5.75 Å². The van der Waals surface area contributed by atoms with Gasteiger partial charge in [-0.25, -0.2) is 9.59 Å². The Bertz CT molecular complexity index is 1160. The van der Waals surface area contributed by atoms with E-state index in [1.807, 2.05) is 31.2 Å². The van der Waals surface area contributed by atoms with Crippen molar-refractivity contribution in [2.45, 2.75) is 103 Å². The van der Waals surface area contributed by atoms with E-state index in [-0.39, 0.29) is 29.2 Å². The van der Waals surface area contributed by atoms with Crippen LogP contribution < -0.4 is 4.74 Å². The summed E-state index contributed by atoms with van der Waals surface area (Å²) < 4.78 is 35.1. The van der Waals surface area contributed by atoms with Crippen molar-refractivity contribution in [1.29, 1.82) is 0 Å². The summed E-state index contributed by atoms with van der Waals surface area (Å²) in [6.07, 6.45) is -0.818. The average molecular weight is 619 g/mol. The highest BCUT2D eigenvalue weighted by Gasteiger charge is 2.46. The van der Waals surface area contributed by atoms with E-state index < -0.39 is 50.5 Å². The molecule has 10 heteroatoms. The summed E-state index contributed by atoms with van der Waals surface area (Å²) in [7, 11) is 1.76. The molecule has 0 N–H and O–H groups in total. The second-order valence-corrected chi connectivity index (χ2v) is 17.2. The van der Waals surface area contributed by atoms with Crippen LogP contribution in [0.1, 0.15) is 65.9 Å². The van der Waals surface area contributed by atoms with E-state index in [2.05, 4.69) is 40.4 Å². The number of carbonyl (C=O) groups is 3. The Morgan fingerprint density at radius 1 is 1.00 bits per heavy atom. The maximum absolute atomic E-state index is 13.5. The van der Waals surface area contributed by atoms with Crippen LogP contribution in [0.3, 0.4) is 0 Å². The van der Waals surface area contributed by atoms with Gasteiger partial charge in [0.05, 0.1) is 51.3 Å². The molecule has 0 saturated heterocycles. The van der Waals surface area contributed by atoms with Crippen molar-refractivity contribution in [3.63, 3.8) is 0 Å². The zero-order valence-corrected chi connectivity index (χ0v) is 28.5. The Morgan fingerprint density at radius 2 is 1.60 bits per heavy atom. The van der Waals surface area contributed by atoms with Gasteiger partial charge in [0.15, 0.2) is 8.32 Å². The predicted octanol–water partition coefficient (Wildman–Crippen LogP) is 6.31. The van der Waals surface area contributed by atoms with E-state index in [1.165, 1.54) is 21.1 Å². The van der Waals surface area contributed by atoms with Crippen LogP contribution in [0.4, 0.5) is 0 Å². The SMILES string of the molecule is C=C1C/C(C(=O)OC)=C(/C(=O)OC)[C@@H](CCC)[C@@H](OC(C)=O)[C@H](OCc2ccc(OC)cc2)C[C@@H]1O[Si](C)(C)C(C)(C)C. The molecule has 43 heavy (non-hydrogen) atoms. The van der Waals surface area contributed by atoms with Crippen LogP contribution >= 0.6 is 0 Å². The number of hydrogen-bond donors (Lipinski definition) is 0. The third kappa shape index (κ3) is 9.52. The predicted molar refractivity (Wildman–Crippen MR) is 167 cm³/mol. The lowest BCUT2D eigenvalue weighted by atomic mass is 9.82. The minimum Gasteiger partial charge on any atom is -0.497 e. The van der Waals surface area contributed by atoms with Crippen molar-refractivity contribution in [2.75, 3.05) is 21.3 Å². The van der Waals surface area contributed by atoms with Gasteiger partial charge in [-0.1, -0.05) is 52.8 Å². The van der Waals surface area contributed by atoms with Crippen molar-refractivity contribution in [2.24, 2.45) is 5.92 Å². The third-order valence-corrected chi connectivity index (χ3v) is 12.9. The Balaban J connectivity index is 2.81. The standard InChI is InChI=1S/C33H50O9Si/c1-12-13-25-29(32(36)39-9)26(31(35)38-8)18-21(2)27(42-43(10,11)33(4,5)6)19-28(30(25)41-22(3)34)40-20-23-14-16-24(37-7)17-15-23/h14-17,25,27-28,30H,2,12-13,18-20H2,1,3-11H3/b29-26-/t25-,27+,28-,30-/m1/s1. The van der Waals surface area contributed by atoms with E-state index in [9.17, 15) is 14.4 Å². The minimum absolute atomic E-state index is 0.0363. The van der Waals surface area contributed by atoms with Gasteiger partial charge in [0.25, 0.3) is 0 Å². The molecule has 0 unspecified atom stereocenters. The molecule has 0 heterocycles. The maximum atomic E-state index is 13.5. The first-order valence-electron chi connectivity index (χ1n) is 14.8. The largest absolute Gasteiger partial charge is 0.497 e. The lowest BCUT2D eigenvalue weighted by Gasteiger charge is -2.41. The fraction of sp³-hybridized carbons (Fsp3) is 0.606. The molecule has 0 saturated carbocycles. The summed E-state index contributed by atoms with van der Waals surface area (Å²) in [5, 5.41) is -0.122. The van der Waals surface area contributed by atoms with E-state index in [0.29, 0.717) is 30.6 Å². The van der Waals surface area contributed by atoms with Crippen LogP contribution in [0.5, 0.6) is 5.75 Å². The second kappa shape index (κ2) is 15.7. The molecule has 240 valence electrons. The normalized spacial score (nSPS) is 23.4. The first kappa shape index (κ1) is 36.2. The number of benzene rings is 1.